The van der Waals surface area contributed by atoms with Crippen LogP contribution < -0.4 is 0 Å². The van der Waals surface area contributed by atoms with E-state index in [2.05, 4.69) is 7.85 Å². The lowest BCUT2D eigenvalue weighted by Gasteiger charge is -1.74. The highest BCUT2D eigenvalue weighted by molar-refractivity contribution is 6.07. The van der Waals surface area contributed by atoms with Crippen LogP contribution in [0.15, 0.2) is 48.6 Å². The summed E-state index contributed by atoms with van der Waals surface area (Å²) in [5, 5.41) is 16.9. The summed E-state index contributed by atoms with van der Waals surface area (Å²) in [6, 6.07) is 12.0. The van der Waals surface area contributed by atoms with Gasteiger partial charge in [0.25, 0.3) is 0 Å². The number of hydrogen-bond acceptors (Lipinski definition) is 3. The zero-order valence-corrected chi connectivity index (χ0v) is 9.52. The third-order valence-corrected chi connectivity index (χ3v) is 1.12. The molecule has 0 aliphatic rings. The maximum atomic E-state index is 9.51. The Hall–Kier alpha value is -2.11. The largest absolute Gasteiger partial charge is 0.478 e. The first-order chi connectivity index (χ1) is 8.04. The maximum Gasteiger partial charge on any atom is 0.327 e. The number of carbonyl (C=O) groups is 1. The molecule has 1 rings (SSSR count). The van der Waals surface area contributed by atoms with Gasteiger partial charge in [0.1, 0.15) is 0 Å². The van der Waals surface area contributed by atoms with Gasteiger partial charge in [0.2, 0.25) is 0 Å². The second kappa shape index (κ2) is 13.9. The Bertz CT molecular complexity index is 301. The lowest BCUT2D eigenvalue weighted by atomic mass is 10.2. The number of carboxylic acid groups (broad SMARTS) is 1. The van der Waals surface area contributed by atoms with Crippen LogP contribution in [0.3, 0.4) is 0 Å². The van der Waals surface area contributed by atoms with Gasteiger partial charge in [-0.15, -0.1) is 0 Å². The molecule has 0 heterocycles. The van der Waals surface area contributed by atoms with E-state index in [1.54, 1.807) is 6.92 Å². The summed E-state index contributed by atoms with van der Waals surface area (Å²) in [6.45, 7) is 1.66. The molecule has 5 nitrogen and oxygen atoms in total. The standard InChI is InChI=1S/C6H6.C4H6O2.CH2BNO2/c1-2-4-6-5-3-1;1-2-3-4(5)6;2-1-3(4)5/h1-6H;2-3H,1H3,(H,5,6);1H2. The molecule has 0 aliphatic heterocycles. The first-order valence-corrected chi connectivity index (χ1v) is 4.72. The number of carboxylic acids is 1. The van der Waals surface area contributed by atoms with Gasteiger partial charge in [-0.1, -0.05) is 42.5 Å². The van der Waals surface area contributed by atoms with Crippen LogP contribution in [0.5, 0.6) is 0 Å². The lowest BCUT2D eigenvalue weighted by Crippen LogP contribution is -1.97. The normalized spacial score (nSPS) is 8.29. The van der Waals surface area contributed by atoms with Crippen molar-refractivity contribution in [1.29, 1.82) is 0 Å². The summed E-state index contributed by atoms with van der Waals surface area (Å²) in [6.07, 6.45) is 2.09. The molecule has 0 saturated heterocycles. The van der Waals surface area contributed by atoms with Gasteiger partial charge in [-0.05, 0) is 6.92 Å². The van der Waals surface area contributed by atoms with Gasteiger partial charge in [-0.2, -0.15) is 0 Å². The quantitative estimate of drug-likeness (QED) is 0.366. The van der Waals surface area contributed by atoms with Crippen molar-refractivity contribution in [3.63, 3.8) is 0 Å². The molecule has 0 fully saturated rings. The maximum absolute atomic E-state index is 9.51. The summed E-state index contributed by atoms with van der Waals surface area (Å²) >= 11 is 0. The van der Waals surface area contributed by atoms with E-state index in [-0.39, 0.29) is 0 Å². The zero-order chi connectivity index (χ0) is 13.5. The Morgan fingerprint density at radius 2 is 1.59 bits per heavy atom. The van der Waals surface area contributed by atoms with E-state index in [0.717, 1.165) is 6.08 Å². The van der Waals surface area contributed by atoms with Gasteiger partial charge in [0.05, 0.1) is 0 Å². The molecule has 6 heteroatoms. The number of benzene rings is 1. The molecule has 0 bridgehead atoms. The Labute approximate surface area is 101 Å². The van der Waals surface area contributed by atoms with Crippen molar-refractivity contribution >= 4 is 13.8 Å². The van der Waals surface area contributed by atoms with Crippen LogP contribution in [0.25, 0.3) is 0 Å². The molecule has 0 saturated carbocycles. The molecule has 0 aliphatic carbocycles. The first-order valence-electron chi connectivity index (χ1n) is 4.72. The van der Waals surface area contributed by atoms with Crippen LogP contribution in [-0.4, -0.2) is 30.3 Å². The first kappa shape index (κ1) is 17.3. The van der Waals surface area contributed by atoms with Crippen molar-refractivity contribution < 1.29 is 14.8 Å². The fraction of sp³-hybridized carbons (Fsp3) is 0.182. The summed E-state index contributed by atoms with van der Waals surface area (Å²) in [5.41, 5.74) is 0. The zero-order valence-electron chi connectivity index (χ0n) is 9.52. The van der Waals surface area contributed by atoms with E-state index >= 15 is 0 Å². The molecular formula is C11H14BNO4. The fourth-order valence-corrected chi connectivity index (χ4v) is 0.527. The highest BCUT2D eigenvalue weighted by Gasteiger charge is 1.77. The van der Waals surface area contributed by atoms with Crippen molar-refractivity contribution in [1.82, 2.24) is 0 Å². The molecule has 1 N–H and O–H groups in total. The number of nitrogens with zero attached hydrogens (tertiary/aromatic N) is 1. The van der Waals surface area contributed by atoms with E-state index in [1.807, 2.05) is 36.4 Å². The van der Waals surface area contributed by atoms with E-state index in [0.29, 0.717) is 0 Å². The van der Waals surface area contributed by atoms with Crippen molar-refractivity contribution in [2.45, 2.75) is 6.92 Å². The van der Waals surface area contributed by atoms with Crippen LogP contribution in [0.4, 0.5) is 0 Å². The van der Waals surface area contributed by atoms with Crippen LogP contribution in [0.1, 0.15) is 6.92 Å². The summed E-state index contributed by atoms with van der Waals surface area (Å²) in [5.74, 6) is -0.891. The van der Waals surface area contributed by atoms with Crippen molar-refractivity contribution in [2.75, 3.05) is 6.44 Å². The number of allylic oxidation sites excluding steroid dienone is 1. The molecule has 0 aromatic heterocycles. The molecular weight excluding hydrogens is 221 g/mol. The van der Waals surface area contributed by atoms with Crippen LogP contribution in [0, 0.1) is 10.1 Å². The molecule has 1 aromatic carbocycles. The van der Waals surface area contributed by atoms with Gasteiger partial charge in [-0.25, -0.2) is 4.79 Å². The average molecular weight is 235 g/mol. The van der Waals surface area contributed by atoms with Crippen molar-refractivity contribution in [3.05, 3.63) is 58.7 Å². The number of rotatable bonds is 2. The topological polar surface area (TPSA) is 80.4 Å². The second-order valence-corrected chi connectivity index (χ2v) is 2.51. The van der Waals surface area contributed by atoms with Gasteiger partial charge >= 0.3 is 5.97 Å². The monoisotopic (exact) mass is 235 g/mol. The predicted octanol–water partition coefficient (Wildman–Crippen LogP) is 1.72. The minimum atomic E-state index is -0.891. The molecule has 0 unspecified atom stereocenters. The van der Waals surface area contributed by atoms with Crippen LogP contribution in [0.2, 0.25) is 0 Å². The van der Waals surface area contributed by atoms with Gasteiger partial charge in [-0.3, -0.25) is 10.1 Å². The molecule has 90 valence electrons. The third-order valence-electron chi connectivity index (χ3n) is 1.12. The van der Waals surface area contributed by atoms with Crippen molar-refractivity contribution in [3.8, 4) is 0 Å². The SMILES string of the molecule is CC=CC(=O)O.[B]C[N+](=O)[O-].c1ccccc1. The predicted molar refractivity (Wildman–Crippen MR) is 66.5 cm³/mol. The lowest BCUT2D eigenvalue weighted by molar-refractivity contribution is -0.459. The molecule has 0 amide bonds. The minimum absolute atomic E-state index is 0.472. The van der Waals surface area contributed by atoms with Crippen molar-refractivity contribution in [2.24, 2.45) is 0 Å². The number of aliphatic carboxylic acids is 1. The Morgan fingerprint density at radius 1 is 1.29 bits per heavy atom. The van der Waals surface area contributed by atoms with Gasteiger partial charge < -0.3 is 5.11 Å². The molecule has 1 aromatic rings. The molecule has 2 radical (unpaired) electrons. The average Bonchev–Trinajstić information content (AvgIpc) is 2.32. The summed E-state index contributed by atoms with van der Waals surface area (Å²) in [7, 11) is 4.47. The third kappa shape index (κ3) is 24.8. The van der Waals surface area contributed by atoms with E-state index in [9.17, 15) is 4.79 Å². The second-order valence-electron chi connectivity index (χ2n) is 2.51. The van der Waals surface area contributed by atoms with Gasteiger partial charge in [0.15, 0.2) is 14.3 Å². The van der Waals surface area contributed by atoms with E-state index in [1.165, 1.54) is 6.08 Å². The van der Waals surface area contributed by atoms with Gasteiger partial charge in [0, 0.05) is 11.0 Å². The molecule has 0 atom stereocenters. The smallest absolute Gasteiger partial charge is 0.327 e. The Kier molecular flexibility index (Phi) is 14.1. The molecule has 0 spiro atoms. The summed E-state index contributed by atoms with van der Waals surface area (Å²) in [4.78, 5) is 18.0. The summed E-state index contributed by atoms with van der Waals surface area (Å²) < 4.78 is 0. The van der Waals surface area contributed by atoms with E-state index < -0.39 is 17.3 Å². The van der Waals surface area contributed by atoms with Crippen LogP contribution >= 0.6 is 0 Å². The Balaban J connectivity index is 0. The highest BCUT2D eigenvalue weighted by Crippen LogP contribution is 1.79. The number of nitro groups is 1. The fourth-order valence-electron chi connectivity index (χ4n) is 0.527. The van der Waals surface area contributed by atoms with Crippen LogP contribution in [-0.2, 0) is 4.79 Å². The highest BCUT2D eigenvalue weighted by atomic mass is 16.6. The molecule has 17 heavy (non-hydrogen) atoms. The number of hydrogen-bond donors (Lipinski definition) is 1. The van der Waals surface area contributed by atoms with E-state index in [4.69, 9.17) is 15.2 Å². The Morgan fingerprint density at radius 3 is 1.65 bits per heavy atom. The minimum Gasteiger partial charge on any atom is -0.478 e.